The second-order valence-corrected chi connectivity index (χ2v) is 8.98. The number of H-pyrrole nitrogens is 1. The van der Waals surface area contributed by atoms with E-state index in [1.54, 1.807) is 6.92 Å². The fraction of sp³-hybridized carbons (Fsp3) is 0.440. The van der Waals surface area contributed by atoms with Crippen LogP contribution in [0.4, 0.5) is 5.82 Å². The lowest BCUT2D eigenvalue weighted by Crippen LogP contribution is -2.37. The number of likely N-dealkylation sites (tertiary alicyclic amines) is 1. The predicted molar refractivity (Wildman–Crippen MR) is 127 cm³/mol. The Kier molecular flexibility index (Phi) is 5.74. The van der Waals surface area contributed by atoms with E-state index >= 15 is 0 Å². The van der Waals surface area contributed by atoms with Crippen molar-refractivity contribution in [2.75, 3.05) is 32.0 Å². The van der Waals surface area contributed by atoms with Gasteiger partial charge in [0.25, 0.3) is 0 Å². The first-order valence-corrected chi connectivity index (χ1v) is 11.7. The summed E-state index contributed by atoms with van der Waals surface area (Å²) in [5.41, 5.74) is 4.31. The molecule has 0 aliphatic carbocycles. The average molecular weight is 447 g/mol. The molecule has 0 radical (unpaired) electrons. The SMILES string of the molecule is CNc1nc(C2CCN(C(C)=O)C2)nc2c1CN(C(=O)CCc1c[nH]c3ccccc13)CC2. The van der Waals surface area contributed by atoms with E-state index < -0.39 is 0 Å². The predicted octanol–water partition coefficient (Wildman–Crippen LogP) is 2.85. The highest BCUT2D eigenvalue weighted by atomic mass is 16.2. The molecule has 1 fully saturated rings. The summed E-state index contributed by atoms with van der Waals surface area (Å²) in [4.78, 5) is 41.5. The number of aryl methyl sites for hydroxylation is 1. The highest BCUT2D eigenvalue weighted by Gasteiger charge is 2.31. The number of aromatic amines is 1. The smallest absolute Gasteiger partial charge is 0.223 e. The Morgan fingerprint density at radius 3 is 2.82 bits per heavy atom. The molecule has 0 saturated carbocycles. The van der Waals surface area contributed by atoms with Crippen LogP contribution in [0.1, 0.15) is 48.3 Å². The van der Waals surface area contributed by atoms with Crippen LogP contribution in [0.25, 0.3) is 10.9 Å². The standard InChI is InChI=1S/C25H30N6O2/c1-16(32)30-11-9-18(14-30)24-28-22-10-12-31(15-20(22)25(26-2)29-24)23(33)8-7-17-13-27-21-6-4-3-5-19(17)21/h3-6,13,18,27H,7-12,14-15H2,1-2H3,(H,26,28,29). The van der Waals surface area contributed by atoms with E-state index in [1.165, 1.54) is 10.9 Å². The van der Waals surface area contributed by atoms with Crippen LogP contribution >= 0.6 is 0 Å². The maximum atomic E-state index is 13.0. The molecule has 2 aliphatic rings. The van der Waals surface area contributed by atoms with Crippen LogP contribution in [0.15, 0.2) is 30.5 Å². The molecule has 1 unspecified atom stereocenters. The van der Waals surface area contributed by atoms with Crippen molar-refractivity contribution in [3.05, 3.63) is 53.1 Å². The number of hydrogen-bond acceptors (Lipinski definition) is 5. The van der Waals surface area contributed by atoms with Crippen molar-refractivity contribution in [2.24, 2.45) is 0 Å². The molecule has 8 nitrogen and oxygen atoms in total. The zero-order valence-corrected chi connectivity index (χ0v) is 19.2. The molecule has 2 aromatic heterocycles. The van der Waals surface area contributed by atoms with Crippen LogP contribution in [0.2, 0.25) is 0 Å². The van der Waals surface area contributed by atoms with Gasteiger partial charge >= 0.3 is 0 Å². The van der Waals surface area contributed by atoms with Gasteiger partial charge in [0.1, 0.15) is 11.6 Å². The van der Waals surface area contributed by atoms with Crippen LogP contribution in [0.5, 0.6) is 0 Å². The first-order valence-electron chi connectivity index (χ1n) is 11.7. The molecule has 8 heteroatoms. The molecule has 2 N–H and O–H groups in total. The molecular formula is C25H30N6O2. The Balaban J connectivity index is 1.28. The van der Waals surface area contributed by atoms with Crippen LogP contribution in [-0.2, 0) is 29.0 Å². The van der Waals surface area contributed by atoms with E-state index in [2.05, 4.69) is 22.4 Å². The molecule has 1 saturated heterocycles. The quantitative estimate of drug-likeness (QED) is 0.629. The van der Waals surface area contributed by atoms with Gasteiger partial charge in [0.2, 0.25) is 11.8 Å². The number of anilines is 1. The molecule has 1 aromatic carbocycles. The van der Waals surface area contributed by atoms with Crippen LogP contribution in [0.3, 0.4) is 0 Å². The largest absolute Gasteiger partial charge is 0.373 e. The number of fused-ring (bicyclic) bond motifs is 2. The van der Waals surface area contributed by atoms with Crippen molar-refractivity contribution in [3.8, 4) is 0 Å². The highest BCUT2D eigenvalue weighted by Crippen LogP contribution is 2.30. The summed E-state index contributed by atoms with van der Waals surface area (Å²) in [5.74, 6) is 2.03. The van der Waals surface area contributed by atoms with Gasteiger partial charge in [-0.3, -0.25) is 9.59 Å². The van der Waals surface area contributed by atoms with Gasteiger partial charge in [-0.05, 0) is 24.5 Å². The zero-order chi connectivity index (χ0) is 22.9. The fourth-order valence-corrected chi connectivity index (χ4v) is 5.03. The van der Waals surface area contributed by atoms with E-state index in [0.29, 0.717) is 26.1 Å². The number of nitrogens with zero attached hydrogens (tertiary/aromatic N) is 4. The molecule has 2 aliphatic heterocycles. The first-order chi connectivity index (χ1) is 16.0. The van der Waals surface area contributed by atoms with Gasteiger partial charge in [-0.2, -0.15) is 0 Å². The van der Waals surface area contributed by atoms with Crippen molar-refractivity contribution in [2.45, 2.75) is 45.1 Å². The van der Waals surface area contributed by atoms with Crippen LogP contribution in [0, 0.1) is 0 Å². The number of rotatable bonds is 5. The lowest BCUT2D eigenvalue weighted by molar-refractivity contribution is -0.132. The summed E-state index contributed by atoms with van der Waals surface area (Å²) >= 11 is 0. The van der Waals surface area contributed by atoms with E-state index in [-0.39, 0.29) is 17.7 Å². The Bertz CT molecular complexity index is 1190. The first kappa shape index (κ1) is 21.4. The normalized spacial score (nSPS) is 17.9. The van der Waals surface area contributed by atoms with E-state index in [1.807, 2.05) is 35.2 Å². The number of amides is 2. The second kappa shape index (κ2) is 8.84. The Morgan fingerprint density at radius 1 is 1.18 bits per heavy atom. The molecule has 4 heterocycles. The molecule has 2 amide bonds. The number of hydrogen-bond donors (Lipinski definition) is 2. The minimum absolute atomic E-state index is 0.103. The summed E-state index contributed by atoms with van der Waals surface area (Å²) in [6, 6.07) is 8.19. The van der Waals surface area contributed by atoms with Gasteiger partial charge in [0.15, 0.2) is 0 Å². The van der Waals surface area contributed by atoms with Crippen molar-refractivity contribution in [3.63, 3.8) is 0 Å². The summed E-state index contributed by atoms with van der Waals surface area (Å²) in [5, 5.41) is 4.40. The van der Waals surface area contributed by atoms with Gasteiger partial charge in [-0.15, -0.1) is 0 Å². The molecule has 1 atom stereocenters. The van der Waals surface area contributed by atoms with Gasteiger partial charge in [-0.1, -0.05) is 18.2 Å². The third-order valence-electron chi connectivity index (χ3n) is 6.95. The third kappa shape index (κ3) is 4.17. The minimum Gasteiger partial charge on any atom is -0.373 e. The van der Waals surface area contributed by atoms with E-state index in [9.17, 15) is 9.59 Å². The maximum Gasteiger partial charge on any atom is 0.223 e. The van der Waals surface area contributed by atoms with Gasteiger partial charge in [-0.25, -0.2) is 9.97 Å². The van der Waals surface area contributed by atoms with Gasteiger partial charge in [0.05, 0.1) is 12.2 Å². The van der Waals surface area contributed by atoms with E-state index in [0.717, 1.165) is 54.2 Å². The number of aromatic nitrogens is 3. The summed E-state index contributed by atoms with van der Waals surface area (Å²) in [6.45, 7) is 4.25. The number of carbonyl (C=O) groups is 2. The maximum absolute atomic E-state index is 13.0. The monoisotopic (exact) mass is 446 g/mol. The summed E-state index contributed by atoms with van der Waals surface area (Å²) < 4.78 is 0. The molecule has 0 bridgehead atoms. The number of benzene rings is 1. The number of carbonyl (C=O) groups excluding carboxylic acids is 2. The molecule has 5 rings (SSSR count). The van der Waals surface area contributed by atoms with Crippen molar-refractivity contribution < 1.29 is 9.59 Å². The second-order valence-electron chi connectivity index (χ2n) is 8.98. The molecular weight excluding hydrogens is 416 g/mol. The molecule has 3 aromatic rings. The lowest BCUT2D eigenvalue weighted by Gasteiger charge is -2.30. The van der Waals surface area contributed by atoms with Crippen LogP contribution < -0.4 is 5.32 Å². The Hall–Kier alpha value is -3.42. The number of para-hydroxylation sites is 1. The van der Waals surface area contributed by atoms with Crippen LogP contribution in [-0.4, -0.2) is 63.2 Å². The summed E-state index contributed by atoms with van der Waals surface area (Å²) in [6.07, 6.45) is 4.82. The van der Waals surface area contributed by atoms with E-state index in [4.69, 9.17) is 9.97 Å². The zero-order valence-electron chi connectivity index (χ0n) is 19.2. The Morgan fingerprint density at radius 2 is 2.03 bits per heavy atom. The average Bonchev–Trinajstić information content (AvgIpc) is 3.49. The van der Waals surface area contributed by atoms with Crippen molar-refractivity contribution in [1.82, 2.24) is 24.8 Å². The number of nitrogens with one attached hydrogen (secondary N) is 2. The minimum atomic E-state index is 0.103. The van der Waals surface area contributed by atoms with Gasteiger partial charge in [0, 0.05) is 75.0 Å². The Labute approximate surface area is 193 Å². The lowest BCUT2D eigenvalue weighted by atomic mass is 10.0. The molecule has 33 heavy (non-hydrogen) atoms. The van der Waals surface area contributed by atoms with Crippen molar-refractivity contribution in [1.29, 1.82) is 0 Å². The fourth-order valence-electron chi connectivity index (χ4n) is 5.03. The topological polar surface area (TPSA) is 94.2 Å². The molecule has 0 spiro atoms. The summed E-state index contributed by atoms with van der Waals surface area (Å²) in [7, 11) is 1.86. The third-order valence-corrected chi connectivity index (χ3v) is 6.95. The van der Waals surface area contributed by atoms with Gasteiger partial charge < -0.3 is 20.1 Å². The highest BCUT2D eigenvalue weighted by molar-refractivity contribution is 5.84. The molecule has 172 valence electrons. The van der Waals surface area contributed by atoms with Crippen molar-refractivity contribution >= 4 is 28.5 Å².